The Bertz CT molecular complexity index is 1180. The average molecular weight is 487 g/mol. The van der Waals surface area contributed by atoms with E-state index in [1.54, 1.807) is 18.2 Å². The van der Waals surface area contributed by atoms with Gasteiger partial charge in [-0.1, -0.05) is 52.1 Å². The topological polar surface area (TPSA) is 153 Å². The lowest BCUT2D eigenvalue weighted by Gasteiger charge is -2.02. The van der Waals surface area contributed by atoms with Crippen molar-refractivity contribution in [3.8, 4) is 0 Å². The van der Waals surface area contributed by atoms with Gasteiger partial charge in [-0.05, 0) is 19.1 Å². The maximum absolute atomic E-state index is 12.5. The Morgan fingerprint density at radius 3 is 2.63 bits per heavy atom. The van der Waals surface area contributed by atoms with Crippen molar-refractivity contribution >= 4 is 66.6 Å². The SMILES string of the molecule is COC(=O)CSc1nnc(NS(=O)(=O)c2nnc(NC(=O)c3cccc(C)c3)s2)s1. The number of esters is 1. The molecule has 0 unspecified atom stereocenters. The molecule has 0 saturated carbocycles. The number of methoxy groups -OCH3 is 1. The number of hydrogen-bond acceptors (Lipinski definition) is 12. The predicted molar refractivity (Wildman–Crippen MR) is 112 cm³/mol. The van der Waals surface area contributed by atoms with Gasteiger partial charge in [-0.3, -0.25) is 19.6 Å². The smallest absolute Gasteiger partial charge is 0.316 e. The molecule has 30 heavy (non-hydrogen) atoms. The quantitative estimate of drug-likeness (QED) is 0.274. The Balaban J connectivity index is 1.65. The molecule has 1 aromatic carbocycles. The van der Waals surface area contributed by atoms with Gasteiger partial charge in [0.15, 0.2) is 4.34 Å². The van der Waals surface area contributed by atoms with Crippen LogP contribution < -0.4 is 10.0 Å². The molecule has 158 valence electrons. The second-order valence-electron chi connectivity index (χ2n) is 5.54. The molecule has 3 aromatic rings. The first kappa shape index (κ1) is 22.1. The Kier molecular flexibility index (Phi) is 6.96. The molecule has 15 heteroatoms. The van der Waals surface area contributed by atoms with Gasteiger partial charge in [-0.2, -0.15) is 8.42 Å². The van der Waals surface area contributed by atoms with Crippen LogP contribution in [-0.2, 0) is 19.6 Å². The Morgan fingerprint density at radius 1 is 1.13 bits per heavy atom. The zero-order valence-electron chi connectivity index (χ0n) is 15.5. The van der Waals surface area contributed by atoms with E-state index < -0.39 is 21.9 Å². The number of anilines is 2. The molecule has 0 saturated heterocycles. The van der Waals surface area contributed by atoms with Gasteiger partial charge in [0.25, 0.3) is 20.3 Å². The first-order valence-corrected chi connectivity index (χ1v) is 12.1. The van der Waals surface area contributed by atoms with E-state index in [9.17, 15) is 18.0 Å². The lowest BCUT2D eigenvalue weighted by Crippen LogP contribution is -2.12. The summed E-state index contributed by atoms with van der Waals surface area (Å²) in [7, 11) is -2.81. The molecule has 11 nitrogen and oxygen atoms in total. The van der Waals surface area contributed by atoms with Crippen molar-refractivity contribution in [1.82, 2.24) is 20.4 Å². The summed E-state index contributed by atoms with van der Waals surface area (Å²) in [5.74, 6) is -0.840. The van der Waals surface area contributed by atoms with Crippen molar-refractivity contribution in [2.75, 3.05) is 22.9 Å². The Morgan fingerprint density at radius 2 is 1.90 bits per heavy atom. The lowest BCUT2D eigenvalue weighted by atomic mass is 10.1. The molecule has 0 fully saturated rings. The minimum Gasteiger partial charge on any atom is -0.468 e. The second-order valence-corrected chi connectivity index (χ2v) is 10.6. The van der Waals surface area contributed by atoms with E-state index >= 15 is 0 Å². The number of carbonyl (C=O) groups is 2. The number of sulfonamides is 1. The molecule has 0 aliphatic rings. The highest BCUT2D eigenvalue weighted by atomic mass is 32.2. The summed E-state index contributed by atoms with van der Waals surface area (Å²) < 4.78 is 31.8. The number of nitrogens with zero attached hydrogens (tertiary/aromatic N) is 4. The predicted octanol–water partition coefficient (Wildman–Crippen LogP) is 2.02. The average Bonchev–Trinajstić information content (AvgIpc) is 3.35. The summed E-state index contributed by atoms with van der Waals surface area (Å²) in [5, 5.41) is 17.4. The van der Waals surface area contributed by atoms with Crippen LogP contribution in [0, 0.1) is 6.92 Å². The molecule has 0 atom stereocenters. The zero-order chi connectivity index (χ0) is 21.7. The summed E-state index contributed by atoms with van der Waals surface area (Å²) in [6.45, 7) is 1.85. The highest BCUT2D eigenvalue weighted by Gasteiger charge is 2.23. The molecule has 2 N–H and O–H groups in total. The molecular formula is C15H14N6O5S4. The van der Waals surface area contributed by atoms with Crippen molar-refractivity contribution in [3.05, 3.63) is 35.4 Å². The molecule has 3 rings (SSSR count). The number of hydrogen-bond donors (Lipinski definition) is 2. The summed E-state index contributed by atoms with van der Waals surface area (Å²) >= 11 is 2.72. The van der Waals surface area contributed by atoms with E-state index in [1.807, 2.05) is 13.0 Å². The van der Waals surface area contributed by atoms with Crippen LogP contribution in [-0.4, -0.2) is 53.6 Å². The number of amides is 1. The Labute approximate surface area is 183 Å². The van der Waals surface area contributed by atoms with Crippen molar-refractivity contribution in [3.63, 3.8) is 0 Å². The zero-order valence-corrected chi connectivity index (χ0v) is 18.7. The van der Waals surface area contributed by atoms with Crippen LogP contribution in [0.25, 0.3) is 0 Å². The number of rotatable bonds is 8. The fraction of sp³-hybridized carbons (Fsp3) is 0.200. The third-order valence-electron chi connectivity index (χ3n) is 3.31. The van der Waals surface area contributed by atoms with Crippen LogP contribution in [0.5, 0.6) is 0 Å². The van der Waals surface area contributed by atoms with Gasteiger partial charge < -0.3 is 4.74 Å². The van der Waals surface area contributed by atoms with Gasteiger partial charge in [-0.25, -0.2) is 0 Å². The molecular weight excluding hydrogens is 472 g/mol. The fourth-order valence-electron chi connectivity index (χ4n) is 1.97. The van der Waals surface area contributed by atoms with E-state index in [0.29, 0.717) is 21.2 Å². The number of ether oxygens (including phenoxy) is 1. The van der Waals surface area contributed by atoms with Crippen LogP contribution in [0.4, 0.5) is 10.3 Å². The van der Waals surface area contributed by atoms with Crippen molar-refractivity contribution in [2.45, 2.75) is 15.6 Å². The van der Waals surface area contributed by atoms with Gasteiger partial charge in [0.05, 0.1) is 12.9 Å². The number of aromatic nitrogens is 4. The van der Waals surface area contributed by atoms with E-state index in [4.69, 9.17) is 0 Å². The number of nitrogens with one attached hydrogen (secondary N) is 2. The molecule has 0 aliphatic carbocycles. The van der Waals surface area contributed by atoms with E-state index in [2.05, 4.69) is 35.2 Å². The summed E-state index contributed by atoms with van der Waals surface area (Å²) in [6, 6.07) is 6.92. The van der Waals surface area contributed by atoms with Crippen LogP contribution in [0.2, 0.25) is 0 Å². The highest BCUT2D eigenvalue weighted by Crippen LogP contribution is 2.28. The third-order valence-corrected chi connectivity index (χ3v) is 7.93. The standard InChI is InChI=1S/C15H14N6O5S4/c1-8-4-3-5-9(6-8)11(23)16-12-17-20-15(29-12)30(24,25)21-13-18-19-14(28-13)27-7-10(22)26-2/h3-6H,7H2,1-2H3,(H,18,21)(H,16,17,23). The number of benzene rings is 1. The molecule has 1 amide bonds. The van der Waals surface area contributed by atoms with Crippen LogP contribution in [0.15, 0.2) is 32.9 Å². The summed E-state index contributed by atoms with van der Waals surface area (Å²) in [4.78, 5) is 23.4. The molecule has 2 heterocycles. The molecule has 0 bridgehead atoms. The van der Waals surface area contributed by atoms with E-state index in [0.717, 1.165) is 28.7 Å². The normalized spacial score (nSPS) is 11.1. The van der Waals surface area contributed by atoms with Crippen molar-refractivity contribution < 1.29 is 22.7 Å². The van der Waals surface area contributed by atoms with Gasteiger partial charge in [0.2, 0.25) is 10.3 Å². The lowest BCUT2D eigenvalue weighted by molar-refractivity contribution is -0.137. The highest BCUT2D eigenvalue weighted by molar-refractivity contribution is 8.01. The maximum atomic E-state index is 12.5. The van der Waals surface area contributed by atoms with Crippen molar-refractivity contribution in [2.24, 2.45) is 0 Å². The number of aryl methyl sites for hydroxylation is 1. The third kappa shape index (κ3) is 5.71. The van der Waals surface area contributed by atoms with Gasteiger partial charge >= 0.3 is 5.97 Å². The van der Waals surface area contributed by atoms with Gasteiger partial charge in [0, 0.05) is 5.56 Å². The Hall–Kier alpha value is -2.62. The minimum atomic E-state index is -4.07. The molecule has 0 spiro atoms. The molecule has 2 aromatic heterocycles. The number of thioether (sulfide) groups is 1. The van der Waals surface area contributed by atoms with Crippen LogP contribution in [0.1, 0.15) is 15.9 Å². The van der Waals surface area contributed by atoms with E-state index in [-0.39, 0.29) is 20.4 Å². The van der Waals surface area contributed by atoms with Crippen molar-refractivity contribution in [1.29, 1.82) is 0 Å². The fourth-order valence-corrected chi connectivity index (χ4v) is 5.68. The maximum Gasteiger partial charge on any atom is 0.316 e. The van der Waals surface area contributed by atoms with Gasteiger partial charge in [0.1, 0.15) is 0 Å². The summed E-state index contributed by atoms with van der Waals surface area (Å²) in [6.07, 6.45) is 0. The second kappa shape index (κ2) is 9.46. The first-order chi connectivity index (χ1) is 14.3. The summed E-state index contributed by atoms with van der Waals surface area (Å²) in [5.41, 5.74) is 1.33. The van der Waals surface area contributed by atoms with Crippen LogP contribution in [0.3, 0.4) is 0 Å². The van der Waals surface area contributed by atoms with Crippen LogP contribution >= 0.6 is 34.4 Å². The van der Waals surface area contributed by atoms with Gasteiger partial charge in [-0.15, -0.1) is 20.4 Å². The first-order valence-electron chi connectivity index (χ1n) is 8.04. The monoisotopic (exact) mass is 486 g/mol. The largest absolute Gasteiger partial charge is 0.468 e. The molecule has 0 aliphatic heterocycles. The number of carbonyl (C=O) groups excluding carboxylic acids is 2. The van der Waals surface area contributed by atoms with E-state index in [1.165, 1.54) is 7.11 Å². The molecule has 0 radical (unpaired) electrons. The minimum absolute atomic E-state index is 0.00270.